The highest BCUT2D eigenvalue weighted by atomic mass is 32.1. The van der Waals surface area contributed by atoms with Crippen molar-refractivity contribution in [2.75, 3.05) is 6.61 Å². The molecule has 130 valence electrons. The lowest BCUT2D eigenvalue weighted by Gasteiger charge is -2.06. The molecule has 25 heavy (non-hydrogen) atoms. The molecule has 0 saturated heterocycles. The molecule has 0 amide bonds. The molecule has 0 aliphatic heterocycles. The molecule has 7 nitrogen and oxygen atoms in total. The number of carbonyl (C=O) groups is 1. The van der Waals surface area contributed by atoms with Gasteiger partial charge in [0, 0.05) is 11.8 Å². The van der Waals surface area contributed by atoms with Crippen LogP contribution in [0.15, 0.2) is 35.1 Å². The van der Waals surface area contributed by atoms with Crippen LogP contribution in [-0.2, 0) is 16.1 Å². The van der Waals surface area contributed by atoms with Gasteiger partial charge in [-0.05, 0) is 31.5 Å². The summed E-state index contributed by atoms with van der Waals surface area (Å²) in [5.74, 6) is 0.336. The standard InChI is InChI=1S/C17H17N3O4S/c1-11-4-3-5-13(8-11)23-7-6-16(22)24-10-14-19-20-15(21)9-12(2)18-17(20)25-14/h3-5,8-9H,6-7,10H2,1-2H3. The minimum Gasteiger partial charge on any atom is -0.493 e. The van der Waals surface area contributed by atoms with E-state index < -0.39 is 0 Å². The van der Waals surface area contributed by atoms with Gasteiger partial charge in [0.1, 0.15) is 12.4 Å². The Morgan fingerprint density at radius 2 is 2.12 bits per heavy atom. The van der Waals surface area contributed by atoms with Gasteiger partial charge in [-0.25, -0.2) is 4.98 Å². The van der Waals surface area contributed by atoms with Crippen LogP contribution in [0.1, 0.15) is 22.7 Å². The average molecular weight is 359 g/mol. The molecule has 2 aromatic heterocycles. The molecule has 0 N–H and O–H groups in total. The highest BCUT2D eigenvalue weighted by molar-refractivity contribution is 7.16. The number of esters is 1. The monoisotopic (exact) mass is 359 g/mol. The summed E-state index contributed by atoms with van der Waals surface area (Å²) in [5.41, 5.74) is 1.48. The van der Waals surface area contributed by atoms with Crippen molar-refractivity contribution in [3.8, 4) is 5.75 Å². The Morgan fingerprint density at radius 1 is 1.28 bits per heavy atom. The number of nitrogens with zero attached hydrogens (tertiary/aromatic N) is 3. The zero-order valence-electron chi connectivity index (χ0n) is 13.9. The maximum absolute atomic E-state index is 11.8. The van der Waals surface area contributed by atoms with Crippen LogP contribution in [-0.4, -0.2) is 27.2 Å². The summed E-state index contributed by atoms with van der Waals surface area (Å²) in [6, 6.07) is 9.02. The SMILES string of the molecule is Cc1cccc(OCCC(=O)OCc2nn3c(=O)cc(C)nc3s2)c1. The van der Waals surface area contributed by atoms with Crippen LogP contribution < -0.4 is 10.3 Å². The molecule has 3 aromatic rings. The summed E-state index contributed by atoms with van der Waals surface area (Å²) in [6.07, 6.45) is 0.135. The van der Waals surface area contributed by atoms with E-state index in [4.69, 9.17) is 9.47 Å². The minimum atomic E-state index is -0.386. The van der Waals surface area contributed by atoms with Crippen LogP contribution in [0.4, 0.5) is 0 Å². The maximum Gasteiger partial charge on any atom is 0.309 e. The molecule has 2 heterocycles. The number of aromatic nitrogens is 3. The Hall–Kier alpha value is -2.74. The first-order chi connectivity index (χ1) is 12.0. The Bertz CT molecular complexity index is 964. The van der Waals surface area contributed by atoms with Crippen molar-refractivity contribution >= 4 is 22.3 Å². The predicted octanol–water partition coefficient (Wildman–Crippen LogP) is 2.28. The Morgan fingerprint density at radius 3 is 2.92 bits per heavy atom. The lowest BCUT2D eigenvalue weighted by atomic mass is 10.2. The number of hydrogen-bond acceptors (Lipinski definition) is 7. The van der Waals surface area contributed by atoms with Crippen molar-refractivity contribution in [2.45, 2.75) is 26.9 Å². The molecule has 0 unspecified atom stereocenters. The number of carbonyl (C=O) groups excluding carboxylic acids is 1. The molecule has 8 heteroatoms. The summed E-state index contributed by atoms with van der Waals surface area (Å²) in [7, 11) is 0. The molecule has 0 aliphatic carbocycles. The van der Waals surface area contributed by atoms with Crippen molar-refractivity contribution in [1.82, 2.24) is 14.6 Å². The molecular weight excluding hydrogens is 342 g/mol. The highest BCUT2D eigenvalue weighted by Gasteiger charge is 2.10. The third-order valence-corrected chi connectivity index (χ3v) is 4.22. The van der Waals surface area contributed by atoms with Crippen LogP contribution in [0.5, 0.6) is 5.75 Å². The fraction of sp³-hybridized carbons (Fsp3) is 0.294. The van der Waals surface area contributed by atoms with E-state index in [0.717, 1.165) is 11.3 Å². The fourth-order valence-corrected chi connectivity index (χ4v) is 3.05. The maximum atomic E-state index is 11.8. The van der Waals surface area contributed by atoms with Gasteiger partial charge in [0.05, 0.1) is 13.0 Å². The molecular formula is C17H17N3O4S. The van der Waals surface area contributed by atoms with Gasteiger partial charge in [-0.2, -0.15) is 9.61 Å². The number of hydrogen-bond donors (Lipinski definition) is 0. The van der Waals surface area contributed by atoms with Crippen molar-refractivity contribution < 1.29 is 14.3 Å². The van der Waals surface area contributed by atoms with E-state index in [2.05, 4.69) is 10.1 Å². The van der Waals surface area contributed by atoms with Crippen molar-refractivity contribution in [2.24, 2.45) is 0 Å². The normalized spacial score (nSPS) is 10.8. The Labute approximate surface area is 147 Å². The van der Waals surface area contributed by atoms with Gasteiger partial charge in [-0.3, -0.25) is 9.59 Å². The average Bonchev–Trinajstić information content (AvgIpc) is 2.96. The van der Waals surface area contributed by atoms with Gasteiger partial charge >= 0.3 is 5.97 Å². The number of ether oxygens (including phenoxy) is 2. The molecule has 0 atom stereocenters. The third kappa shape index (κ3) is 4.42. The van der Waals surface area contributed by atoms with Gasteiger partial charge in [0.2, 0.25) is 4.96 Å². The zero-order valence-corrected chi connectivity index (χ0v) is 14.7. The Balaban J connectivity index is 1.50. The zero-order chi connectivity index (χ0) is 17.8. The van der Waals surface area contributed by atoms with E-state index >= 15 is 0 Å². The first-order valence-electron chi connectivity index (χ1n) is 7.73. The summed E-state index contributed by atoms with van der Waals surface area (Å²) >= 11 is 1.22. The summed E-state index contributed by atoms with van der Waals surface area (Å²) in [5, 5.41) is 4.63. The second kappa shape index (κ2) is 7.43. The number of aryl methyl sites for hydroxylation is 2. The van der Waals surface area contributed by atoms with Crippen molar-refractivity contribution in [1.29, 1.82) is 0 Å². The molecule has 0 saturated carbocycles. The number of rotatable bonds is 6. The van der Waals surface area contributed by atoms with Gasteiger partial charge in [0.15, 0.2) is 5.01 Å². The predicted molar refractivity (Wildman–Crippen MR) is 93.0 cm³/mol. The summed E-state index contributed by atoms with van der Waals surface area (Å²) < 4.78 is 11.9. The lowest BCUT2D eigenvalue weighted by Crippen LogP contribution is -2.14. The first kappa shape index (κ1) is 17.1. The van der Waals surface area contributed by atoms with Crippen LogP contribution in [0.3, 0.4) is 0 Å². The van der Waals surface area contributed by atoms with Crippen LogP contribution in [0.25, 0.3) is 4.96 Å². The van der Waals surface area contributed by atoms with Crippen LogP contribution in [0.2, 0.25) is 0 Å². The second-order valence-corrected chi connectivity index (χ2v) is 6.54. The van der Waals surface area contributed by atoms with Crippen LogP contribution in [0, 0.1) is 13.8 Å². The highest BCUT2D eigenvalue weighted by Crippen LogP contribution is 2.14. The lowest BCUT2D eigenvalue weighted by molar-refractivity contribution is -0.145. The van der Waals surface area contributed by atoms with E-state index in [0.29, 0.717) is 15.7 Å². The Kier molecular flexibility index (Phi) is 5.08. The van der Waals surface area contributed by atoms with E-state index in [1.807, 2.05) is 31.2 Å². The third-order valence-electron chi connectivity index (χ3n) is 3.34. The summed E-state index contributed by atoms with van der Waals surface area (Å²) in [6.45, 7) is 3.97. The van der Waals surface area contributed by atoms with Gasteiger partial charge in [-0.1, -0.05) is 23.5 Å². The molecule has 0 radical (unpaired) electrons. The number of fused-ring (bicyclic) bond motifs is 1. The van der Waals surface area contributed by atoms with Gasteiger partial charge < -0.3 is 9.47 Å². The van der Waals surface area contributed by atoms with Crippen LogP contribution >= 0.6 is 11.3 Å². The minimum absolute atomic E-state index is 0.00972. The van der Waals surface area contributed by atoms with E-state index in [9.17, 15) is 9.59 Å². The largest absolute Gasteiger partial charge is 0.493 e. The van der Waals surface area contributed by atoms with E-state index in [1.54, 1.807) is 6.92 Å². The first-order valence-corrected chi connectivity index (χ1v) is 8.54. The van der Waals surface area contributed by atoms with Crippen molar-refractivity contribution in [3.63, 3.8) is 0 Å². The smallest absolute Gasteiger partial charge is 0.309 e. The molecule has 0 bridgehead atoms. The quantitative estimate of drug-likeness (QED) is 0.628. The molecule has 0 fully saturated rings. The second-order valence-electron chi connectivity index (χ2n) is 5.50. The van der Waals surface area contributed by atoms with Crippen molar-refractivity contribution in [3.05, 3.63) is 57.0 Å². The summed E-state index contributed by atoms with van der Waals surface area (Å²) in [4.78, 5) is 28.3. The van der Waals surface area contributed by atoms with Gasteiger partial charge in [-0.15, -0.1) is 0 Å². The topological polar surface area (TPSA) is 82.8 Å². The fourth-order valence-electron chi connectivity index (χ4n) is 2.19. The molecule has 0 aliphatic rings. The molecule has 0 spiro atoms. The van der Waals surface area contributed by atoms with E-state index in [-0.39, 0.29) is 31.2 Å². The van der Waals surface area contributed by atoms with Gasteiger partial charge in [0.25, 0.3) is 5.56 Å². The molecule has 1 aromatic carbocycles. The van der Waals surface area contributed by atoms with E-state index in [1.165, 1.54) is 21.9 Å². The number of benzene rings is 1. The molecule has 3 rings (SSSR count).